The van der Waals surface area contributed by atoms with Crippen LogP contribution in [0.15, 0.2) is 36.4 Å². The second-order valence-corrected chi connectivity index (χ2v) is 5.78. The van der Waals surface area contributed by atoms with Crippen LogP contribution in [0.25, 0.3) is 0 Å². The van der Waals surface area contributed by atoms with E-state index in [1.807, 2.05) is 0 Å². The Morgan fingerprint density at radius 2 is 1.92 bits per heavy atom. The lowest BCUT2D eigenvalue weighted by Gasteiger charge is -2.09. The molecule has 25 heavy (non-hydrogen) atoms. The molecule has 0 unspecified atom stereocenters. The lowest BCUT2D eigenvalue weighted by molar-refractivity contribution is -0.124. The van der Waals surface area contributed by atoms with Crippen LogP contribution in [0.2, 0.25) is 10.0 Å². The average Bonchev–Trinajstić information content (AvgIpc) is 2.58. The molecule has 0 saturated carbocycles. The van der Waals surface area contributed by atoms with E-state index in [0.29, 0.717) is 15.6 Å². The highest BCUT2D eigenvalue weighted by Crippen LogP contribution is 2.21. The lowest BCUT2D eigenvalue weighted by atomic mass is 10.2. The molecule has 132 valence electrons. The highest BCUT2D eigenvalue weighted by atomic mass is 35.5. The van der Waals surface area contributed by atoms with Crippen molar-refractivity contribution >= 4 is 35.1 Å². The minimum Gasteiger partial charge on any atom is -0.494 e. The Hall–Kier alpha value is -2.31. The number of carbonyl (C=O) groups excluding carboxylic acids is 2. The Balaban J connectivity index is 1.85. The van der Waals surface area contributed by atoms with Gasteiger partial charge in [0.2, 0.25) is 0 Å². The van der Waals surface area contributed by atoms with Crippen molar-refractivity contribution in [3.63, 3.8) is 0 Å². The molecule has 0 aliphatic carbocycles. The van der Waals surface area contributed by atoms with E-state index in [2.05, 4.69) is 5.32 Å². The maximum atomic E-state index is 13.6. The van der Waals surface area contributed by atoms with Crippen molar-refractivity contribution in [2.45, 2.75) is 6.54 Å². The standard InChI is InChI=1S/C17H14Cl2FNO4/c1-24-15-5-3-10(6-14(15)20)17(23)25-9-16(22)21-8-11-2-4-12(18)7-13(11)19/h2-7H,8-9H2,1H3,(H,21,22). The van der Waals surface area contributed by atoms with Crippen molar-refractivity contribution in [3.8, 4) is 5.75 Å². The molecule has 1 amide bonds. The van der Waals surface area contributed by atoms with Gasteiger partial charge in [-0.15, -0.1) is 0 Å². The van der Waals surface area contributed by atoms with Gasteiger partial charge in [0.1, 0.15) is 0 Å². The molecule has 0 radical (unpaired) electrons. The fourth-order valence-corrected chi connectivity index (χ4v) is 2.39. The number of esters is 1. The molecule has 2 aromatic carbocycles. The fourth-order valence-electron chi connectivity index (χ4n) is 1.92. The van der Waals surface area contributed by atoms with E-state index in [-0.39, 0.29) is 17.9 Å². The zero-order chi connectivity index (χ0) is 18.4. The van der Waals surface area contributed by atoms with E-state index in [4.69, 9.17) is 32.7 Å². The SMILES string of the molecule is COc1ccc(C(=O)OCC(=O)NCc2ccc(Cl)cc2Cl)cc1F. The van der Waals surface area contributed by atoms with Gasteiger partial charge in [0.25, 0.3) is 5.91 Å². The summed E-state index contributed by atoms with van der Waals surface area (Å²) in [6.45, 7) is -0.346. The average molecular weight is 386 g/mol. The molecule has 0 heterocycles. The summed E-state index contributed by atoms with van der Waals surface area (Å²) in [6.07, 6.45) is 0. The van der Waals surface area contributed by atoms with Gasteiger partial charge in [0.15, 0.2) is 18.2 Å². The van der Waals surface area contributed by atoms with Crippen LogP contribution in [-0.4, -0.2) is 25.6 Å². The van der Waals surface area contributed by atoms with Crippen molar-refractivity contribution in [3.05, 3.63) is 63.4 Å². The minimum absolute atomic E-state index is 0.00846. The van der Waals surface area contributed by atoms with Crippen molar-refractivity contribution < 1.29 is 23.5 Å². The van der Waals surface area contributed by atoms with Crippen molar-refractivity contribution in [2.24, 2.45) is 0 Å². The summed E-state index contributed by atoms with van der Waals surface area (Å²) >= 11 is 11.8. The van der Waals surface area contributed by atoms with Gasteiger partial charge in [-0.25, -0.2) is 9.18 Å². The predicted octanol–water partition coefficient (Wildman–Crippen LogP) is 3.61. The largest absolute Gasteiger partial charge is 0.494 e. The third-order valence-corrected chi connectivity index (χ3v) is 3.80. The number of amides is 1. The summed E-state index contributed by atoms with van der Waals surface area (Å²) in [7, 11) is 1.31. The second-order valence-electron chi connectivity index (χ2n) is 4.94. The summed E-state index contributed by atoms with van der Waals surface area (Å²) in [5, 5.41) is 3.46. The van der Waals surface area contributed by atoms with Gasteiger partial charge in [0.05, 0.1) is 12.7 Å². The number of benzene rings is 2. The number of rotatable bonds is 6. The van der Waals surface area contributed by atoms with Gasteiger partial charge in [-0.3, -0.25) is 4.79 Å². The van der Waals surface area contributed by atoms with Gasteiger partial charge in [-0.1, -0.05) is 29.3 Å². The quantitative estimate of drug-likeness (QED) is 0.771. The molecule has 0 bridgehead atoms. The van der Waals surface area contributed by atoms with Crippen molar-refractivity contribution in [1.82, 2.24) is 5.32 Å². The monoisotopic (exact) mass is 385 g/mol. The van der Waals surface area contributed by atoms with E-state index in [0.717, 1.165) is 6.07 Å². The minimum atomic E-state index is -0.818. The highest BCUT2D eigenvalue weighted by molar-refractivity contribution is 6.35. The molecule has 0 aromatic heterocycles. The number of ether oxygens (including phenoxy) is 2. The number of nitrogens with one attached hydrogen (secondary N) is 1. The van der Waals surface area contributed by atoms with Crippen LogP contribution in [0.5, 0.6) is 5.75 Å². The number of methoxy groups -OCH3 is 1. The van der Waals surface area contributed by atoms with Gasteiger partial charge < -0.3 is 14.8 Å². The zero-order valence-corrected chi connectivity index (χ0v) is 14.7. The molecule has 2 aromatic rings. The summed E-state index contributed by atoms with van der Waals surface area (Å²) < 4.78 is 23.2. The molecule has 8 heteroatoms. The van der Waals surface area contributed by atoms with Crippen LogP contribution in [0.3, 0.4) is 0 Å². The molecule has 0 spiro atoms. The Bertz CT molecular complexity index is 798. The number of hydrogen-bond acceptors (Lipinski definition) is 4. The van der Waals surface area contributed by atoms with Crippen LogP contribution in [-0.2, 0) is 16.1 Å². The molecular weight excluding hydrogens is 372 g/mol. The van der Waals surface area contributed by atoms with Crippen LogP contribution < -0.4 is 10.1 Å². The van der Waals surface area contributed by atoms with E-state index in [1.54, 1.807) is 18.2 Å². The Kier molecular flexibility index (Phi) is 6.61. The van der Waals surface area contributed by atoms with E-state index >= 15 is 0 Å². The summed E-state index contributed by atoms with van der Waals surface area (Å²) in [5.41, 5.74) is 0.648. The molecule has 1 N–H and O–H groups in total. The number of carbonyl (C=O) groups is 2. The number of hydrogen-bond donors (Lipinski definition) is 1. The first-order valence-corrected chi connectivity index (χ1v) is 7.87. The molecule has 0 aliphatic rings. The van der Waals surface area contributed by atoms with Crippen LogP contribution in [0.4, 0.5) is 4.39 Å². The van der Waals surface area contributed by atoms with Gasteiger partial charge >= 0.3 is 5.97 Å². The second kappa shape index (κ2) is 8.69. The summed E-state index contributed by atoms with van der Waals surface area (Å²) in [5.74, 6) is -2.03. The third-order valence-electron chi connectivity index (χ3n) is 3.21. The normalized spacial score (nSPS) is 10.2. The van der Waals surface area contributed by atoms with Crippen LogP contribution in [0.1, 0.15) is 15.9 Å². The van der Waals surface area contributed by atoms with Crippen molar-refractivity contribution in [2.75, 3.05) is 13.7 Å². The predicted molar refractivity (Wildman–Crippen MR) is 91.5 cm³/mol. The Morgan fingerprint density at radius 3 is 2.56 bits per heavy atom. The molecule has 2 rings (SSSR count). The van der Waals surface area contributed by atoms with Crippen molar-refractivity contribution in [1.29, 1.82) is 0 Å². The van der Waals surface area contributed by atoms with E-state index in [9.17, 15) is 14.0 Å². The first kappa shape index (κ1) is 19.0. The van der Waals surface area contributed by atoms with Crippen LogP contribution in [0, 0.1) is 5.82 Å². The van der Waals surface area contributed by atoms with E-state index in [1.165, 1.54) is 19.2 Å². The zero-order valence-electron chi connectivity index (χ0n) is 13.1. The molecular formula is C17H14Cl2FNO4. The fraction of sp³-hybridized carbons (Fsp3) is 0.176. The first-order chi connectivity index (χ1) is 11.9. The summed E-state index contributed by atoms with van der Waals surface area (Å²) in [6, 6.07) is 8.50. The Labute approximate surface area is 153 Å². The molecule has 0 fully saturated rings. The third kappa shape index (κ3) is 5.34. The number of halogens is 3. The smallest absolute Gasteiger partial charge is 0.338 e. The summed E-state index contributed by atoms with van der Waals surface area (Å²) in [4.78, 5) is 23.6. The topological polar surface area (TPSA) is 64.6 Å². The maximum absolute atomic E-state index is 13.6. The maximum Gasteiger partial charge on any atom is 0.338 e. The van der Waals surface area contributed by atoms with Gasteiger partial charge in [-0.05, 0) is 35.9 Å². The van der Waals surface area contributed by atoms with Gasteiger partial charge in [-0.2, -0.15) is 0 Å². The van der Waals surface area contributed by atoms with Crippen LogP contribution >= 0.6 is 23.2 Å². The molecule has 0 aliphatic heterocycles. The van der Waals surface area contributed by atoms with Gasteiger partial charge in [0, 0.05) is 16.6 Å². The molecule has 0 atom stereocenters. The first-order valence-electron chi connectivity index (χ1n) is 7.12. The lowest BCUT2D eigenvalue weighted by Crippen LogP contribution is -2.28. The molecule has 5 nitrogen and oxygen atoms in total. The van der Waals surface area contributed by atoms with E-state index < -0.39 is 24.3 Å². The molecule has 0 saturated heterocycles. The highest BCUT2D eigenvalue weighted by Gasteiger charge is 2.13. The Morgan fingerprint density at radius 1 is 1.16 bits per heavy atom.